The van der Waals surface area contributed by atoms with Crippen LogP contribution in [-0.2, 0) is 9.53 Å². The van der Waals surface area contributed by atoms with Crippen LogP contribution in [0.25, 0.3) is 0 Å². The Morgan fingerprint density at radius 1 is 1.28 bits per heavy atom. The summed E-state index contributed by atoms with van der Waals surface area (Å²) in [7, 11) is 0. The molecule has 0 unspecified atom stereocenters. The molecule has 1 aromatic rings. The number of carbonyl (C=O) groups is 1. The van der Waals surface area contributed by atoms with Crippen molar-refractivity contribution in [1.29, 1.82) is 0 Å². The maximum Gasteiger partial charge on any atom is 0.226 e. The van der Waals surface area contributed by atoms with Crippen molar-refractivity contribution in [2.45, 2.75) is 57.7 Å². The fourth-order valence-electron chi connectivity index (χ4n) is 5.01. The summed E-state index contributed by atoms with van der Waals surface area (Å²) in [5, 5.41) is 10.3. The number of hydrogen-bond donors (Lipinski definition) is 1. The Balaban J connectivity index is 1.36. The molecule has 1 heterocycles. The molecule has 1 N–H and O–H groups in total. The second-order valence-corrected chi connectivity index (χ2v) is 8.06. The molecule has 0 bridgehead atoms. The van der Waals surface area contributed by atoms with E-state index in [4.69, 9.17) is 4.74 Å². The second-order valence-electron chi connectivity index (χ2n) is 8.06. The third-order valence-electron chi connectivity index (χ3n) is 6.81. The maximum absolute atomic E-state index is 12.9. The van der Waals surface area contributed by atoms with Gasteiger partial charge in [-0.05, 0) is 50.2 Å². The van der Waals surface area contributed by atoms with E-state index in [-0.39, 0.29) is 23.5 Å². The highest BCUT2D eigenvalue weighted by Crippen LogP contribution is 2.53. The Labute approximate surface area is 150 Å². The summed E-state index contributed by atoms with van der Waals surface area (Å²) in [6.07, 6.45) is 3.38. The highest BCUT2D eigenvalue weighted by molar-refractivity contribution is 5.83. The first-order valence-electron chi connectivity index (χ1n) is 9.71. The molecule has 2 saturated carbocycles. The molecule has 4 nitrogen and oxygen atoms in total. The zero-order chi connectivity index (χ0) is 17.6. The van der Waals surface area contributed by atoms with E-state index < -0.39 is 0 Å². The van der Waals surface area contributed by atoms with E-state index in [1.54, 1.807) is 0 Å². The van der Waals surface area contributed by atoms with Crippen LogP contribution in [0.5, 0.6) is 0 Å². The predicted octanol–water partition coefficient (Wildman–Crippen LogP) is 2.88. The molecule has 0 aromatic heterocycles. The van der Waals surface area contributed by atoms with Crippen LogP contribution in [0.3, 0.4) is 0 Å². The largest absolute Gasteiger partial charge is 0.392 e. The van der Waals surface area contributed by atoms with Crippen molar-refractivity contribution >= 4 is 5.91 Å². The van der Waals surface area contributed by atoms with Gasteiger partial charge in [0.15, 0.2) is 0 Å². The van der Waals surface area contributed by atoms with Crippen LogP contribution < -0.4 is 0 Å². The standard InChI is InChI=1S/C21H29NO3/c1-3-25-19-13-18(23)21(19)8-10-22(11-9-21)20(24)17-12-16(17)15-7-5-4-6-14(15)2/h4-7,16-19,23H,3,8-13H2,1-2H3/t16-,17-,18-,19+/m0/s1. The lowest BCUT2D eigenvalue weighted by Gasteiger charge is -2.56. The van der Waals surface area contributed by atoms with Gasteiger partial charge in [-0.3, -0.25) is 4.79 Å². The van der Waals surface area contributed by atoms with E-state index in [1.807, 2.05) is 11.8 Å². The van der Waals surface area contributed by atoms with Crippen molar-refractivity contribution in [3.05, 3.63) is 35.4 Å². The van der Waals surface area contributed by atoms with Crippen molar-refractivity contribution in [2.75, 3.05) is 19.7 Å². The molecule has 136 valence electrons. The quantitative estimate of drug-likeness (QED) is 0.914. The summed E-state index contributed by atoms with van der Waals surface area (Å²) >= 11 is 0. The number of carbonyl (C=O) groups excluding carboxylic acids is 1. The lowest BCUT2D eigenvalue weighted by molar-refractivity contribution is -0.210. The number of hydrogen-bond acceptors (Lipinski definition) is 3. The van der Waals surface area contributed by atoms with E-state index in [9.17, 15) is 9.90 Å². The van der Waals surface area contributed by atoms with Crippen LogP contribution in [0.4, 0.5) is 0 Å². The number of ether oxygens (including phenoxy) is 1. The van der Waals surface area contributed by atoms with Gasteiger partial charge >= 0.3 is 0 Å². The first kappa shape index (κ1) is 17.0. The van der Waals surface area contributed by atoms with Crippen LogP contribution in [0, 0.1) is 18.3 Å². The van der Waals surface area contributed by atoms with E-state index in [1.165, 1.54) is 11.1 Å². The zero-order valence-corrected chi connectivity index (χ0v) is 15.3. The molecule has 4 rings (SSSR count). The van der Waals surface area contributed by atoms with E-state index >= 15 is 0 Å². The van der Waals surface area contributed by atoms with Gasteiger partial charge in [0.2, 0.25) is 5.91 Å². The molecule has 2 aliphatic carbocycles. The molecule has 1 amide bonds. The van der Waals surface area contributed by atoms with E-state index in [2.05, 4.69) is 31.2 Å². The summed E-state index contributed by atoms with van der Waals surface area (Å²) in [5.74, 6) is 0.865. The summed E-state index contributed by atoms with van der Waals surface area (Å²) in [6, 6.07) is 8.42. The normalized spacial score (nSPS) is 33.2. The molecule has 1 saturated heterocycles. The Morgan fingerprint density at radius 2 is 2.00 bits per heavy atom. The lowest BCUT2D eigenvalue weighted by Crippen LogP contribution is -2.62. The van der Waals surface area contributed by atoms with Crippen molar-refractivity contribution in [2.24, 2.45) is 11.3 Å². The number of aliphatic hydroxyl groups is 1. The monoisotopic (exact) mass is 343 g/mol. The Hall–Kier alpha value is -1.39. The van der Waals surface area contributed by atoms with Crippen LogP contribution in [0.15, 0.2) is 24.3 Å². The third kappa shape index (κ3) is 2.80. The number of amides is 1. The van der Waals surface area contributed by atoms with Crippen LogP contribution in [-0.4, -0.2) is 47.8 Å². The van der Waals surface area contributed by atoms with Gasteiger partial charge in [-0.25, -0.2) is 0 Å². The fourth-order valence-corrected chi connectivity index (χ4v) is 5.01. The summed E-state index contributed by atoms with van der Waals surface area (Å²) in [4.78, 5) is 14.9. The molecule has 0 radical (unpaired) electrons. The third-order valence-corrected chi connectivity index (χ3v) is 6.81. The smallest absolute Gasteiger partial charge is 0.226 e. The fraction of sp³-hybridized carbons (Fsp3) is 0.667. The Morgan fingerprint density at radius 3 is 2.64 bits per heavy atom. The summed E-state index contributed by atoms with van der Waals surface area (Å²) in [6.45, 7) is 6.36. The van der Waals surface area contributed by atoms with Crippen LogP contribution in [0.2, 0.25) is 0 Å². The van der Waals surface area contributed by atoms with Gasteiger partial charge < -0.3 is 14.7 Å². The van der Waals surface area contributed by atoms with Crippen molar-refractivity contribution in [3.8, 4) is 0 Å². The van der Waals surface area contributed by atoms with Gasteiger partial charge in [-0.2, -0.15) is 0 Å². The van der Waals surface area contributed by atoms with Crippen LogP contribution in [0.1, 0.15) is 49.7 Å². The van der Waals surface area contributed by atoms with Gasteiger partial charge in [0.1, 0.15) is 0 Å². The zero-order valence-electron chi connectivity index (χ0n) is 15.3. The van der Waals surface area contributed by atoms with Crippen molar-refractivity contribution in [1.82, 2.24) is 4.90 Å². The van der Waals surface area contributed by atoms with E-state index in [0.29, 0.717) is 18.4 Å². The lowest BCUT2D eigenvalue weighted by atomic mass is 9.58. The number of rotatable bonds is 4. The number of benzene rings is 1. The number of aliphatic hydroxyl groups excluding tert-OH is 1. The average molecular weight is 343 g/mol. The summed E-state index contributed by atoms with van der Waals surface area (Å²) < 4.78 is 5.82. The van der Waals surface area contributed by atoms with E-state index in [0.717, 1.165) is 38.8 Å². The van der Waals surface area contributed by atoms with Gasteiger partial charge in [0, 0.05) is 37.5 Å². The predicted molar refractivity (Wildman–Crippen MR) is 96.3 cm³/mol. The molecular formula is C21H29NO3. The molecule has 1 spiro atoms. The number of nitrogens with zero attached hydrogens (tertiary/aromatic N) is 1. The molecule has 3 fully saturated rings. The molecule has 25 heavy (non-hydrogen) atoms. The Kier molecular flexibility index (Phi) is 4.37. The first-order valence-corrected chi connectivity index (χ1v) is 9.71. The minimum absolute atomic E-state index is 0.105. The Bertz CT molecular complexity index is 648. The molecule has 1 aliphatic heterocycles. The minimum Gasteiger partial charge on any atom is -0.392 e. The number of likely N-dealkylation sites (tertiary alicyclic amines) is 1. The highest BCUT2D eigenvalue weighted by atomic mass is 16.5. The SMILES string of the molecule is CCO[C@@H]1C[C@H](O)C12CCN(C(=O)[C@H]1C[C@H]1c1ccccc1C)CC2. The molecular weight excluding hydrogens is 314 g/mol. The maximum atomic E-state index is 12.9. The second kappa shape index (κ2) is 6.40. The van der Waals surface area contributed by atoms with Crippen molar-refractivity contribution < 1.29 is 14.6 Å². The number of aryl methyl sites for hydroxylation is 1. The average Bonchev–Trinajstić information content (AvgIpc) is 3.42. The van der Waals surface area contributed by atoms with Gasteiger partial charge in [-0.15, -0.1) is 0 Å². The molecule has 4 atom stereocenters. The highest BCUT2D eigenvalue weighted by Gasteiger charge is 2.57. The van der Waals surface area contributed by atoms with Crippen LogP contribution >= 0.6 is 0 Å². The number of piperidine rings is 1. The van der Waals surface area contributed by atoms with Gasteiger partial charge in [0.05, 0.1) is 12.2 Å². The summed E-state index contributed by atoms with van der Waals surface area (Å²) in [5.41, 5.74) is 2.52. The molecule has 4 heteroatoms. The topological polar surface area (TPSA) is 49.8 Å². The van der Waals surface area contributed by atoms with Gasteiger partial charge in [0.25, 0.3) is 0 Å². The minimum atomic E-state index is -0.262. The van der Waals surface area contributed by atoms with Gasteiger partial charge in [-0.1, -0.05) is 24.3 Å². The molecule has 3 aliphatic rings. The molecule has 1 aromatic carbocycles. The van der Waals surface area contributed by atoms with Crippen molar-refractivity contribution in [3.63, 3.8) is 0 Å². The first-order chi connectivity index (χ1) is 12.1.